The second-order valence-electron chi connectivity index (χ2n) is 6.40. The van der Waals surface area contributed by atoms with Gasteiger partial charge in [-0.15, -0.1) is 0 Å². The van der Waals surface area contributed by atoms with Crippen LogP contribution in [0, 0.1) is 0 Å². The molecular formula is C20H12O7. The number of rotatable bonds is 0. The summed E-state index contributed by atoms with van der Waals surface area (Å²) in [6, 6.07) is 11.4. The van der Waals surface area contributed by atoms with Gasteiger partial charge in [0, 0.05) is 17.7 Å². The molecule has 7 nitrogen and oxygen atoms in total. The number of hydrogen-bond acceptors (Lipinski definition) is 7. The number of phenolic OH excluding ortho intramolecular Hbond substituents is 4. The van der Waals surface area contributed by atoms with Gasteiger partial charge in [-0.1, -0.05) is 18.2 Å². The van der Waals surface area contributed by atoms with Crippen LogP contribution in [0.1, 0.15) is 27.0 Å². The second-order valence-corrected chi connectivity index (χ2v) is 6.40. The van der Waals surface area contributed by atoms with E-state index in [4.69, 9.17) is 9.47 Å². The molecular weight excluding hydrogens is 352 g/mol. The molecule has 2 aliphatic heterocycles. The summed E-state index contributed by atoms with van der Waals surface area (Å²) < 4.78 is 11.4. The lowest BCUT2D eigenvalue weighted by molar-refractivity contribution is 0.0218. The van der Waals surface area contributed by atoms with Gasteiger partial charge in [0.1, 0.15) is 11.5 Å². The standard InChI is InChI=1S/C20H12O7/c21-9-5-13-17(15(23)7-9)26-18-14(6-10(22)8-16(18)24)20(13)12-4-2-1-3-11(12)19(25)27-20/h1-8,21-24H. The van der Waals surface area contributed by atoms with Gasteiger partial charge >= 0.3 is 5.97 Å². The summed E-state index contributed by atoms with van der Waals surface area (Å²) >= 11 is 0. The number of ether oxygens (including phenoxy) is 2. The molecule has 0 fully saturated rings. The van der Waals surface area contributed by atoms with Crippen LogP contribution in [0.25, 0.3) is 0 Å². The molecule has 0 bridgehead atoms. The molecule has 2 heterocycles. The topological polar surface area (TPSA) is 116 Å². The molecule has 0 aliphatic carbocycles. The van der Waals surface area contributed by atoms with Gasteiger partial charge in [0.15, 0.2) is 28.6 Å². The molecule has 0 amide bonds. The molecule has 27 heavy (non-hydrogen) atoms. The Morgan fingerprint density at radius 1 is 0.741 bits per heavy atom. The molecule has 2 aliphatic rings. The fourth-order valence-corrected chi connectivity index (χ4v) is 3.80. The number of carbonyl (C=O) groups is 1. The first kappa shape index (κ1) is 15.4. The molecule has 7 heteroatoms. The van der Waals surface area contributed by atoms with Crippen LogP contribution in [0.15, 0.2) is 48.5 Å². The summed E-state index contributed by atoms with van der Waals surface area (Å²) in [5, 5.41) is 40.7. The largest absolute Gasteiger partial charge is 0.508 e. The lowest BCUT2D eigenvalue weighted by Crippen LogP contribution is -2.33. The summed E-state index contributed by atoms with van der Waals surface area (Å²) in [7, 11) is 0. The summed E-state index contributed by atoms with van der Waals surface area (Å²) in [4.78, 5) is 12.6. The van der Waals surface area contributed by atoms with Gasteiger partial charge in [-0.05, 0) is 18.2 Å². The van der Waals surface area contributed by atoms with Gasteiger partial charge in [0.2, 0.25) is 0 Å². The highest BCUT2D eigenvalue weighted by atomic mass is 16.6. The van der Waals surface area contributed by atoms with E-state index in [1.54, 1.807) is 24.3 Å². The van der Waals surface area contributed by atoms with Crippen molar-refractivity contribution in [2.24, 2.45) is 0 Å². The quantitative estimate of drug-likeness (QED) is 0.453. The Balaban J connectivity index is 1.97. The molecule has 5 rings (SSSR count). The molecule has 0 unspecified atom stereocenters. The third-order valence-electron chi connectivity index (χ3n) is 4.84. The Hall–Kier alpha value is -3.87. The van der Waals surface area contributed by atoms with Crippen molar-refractivity contribution in [1.29, 1.82) is 0 Å². The summed E-state index contributed by atoms with van der Waals surface area (Å²) in [5.41, 5.74) is -0.521. The Kier molecular flexibility index (Phi) is 2.77. The van der Waals surface area contributed by atoms with Gasteiger partial charge in [-0.3, -0.25) is 0 Å². The van der Waals surface area contributed by atoms with E-state index in [1.807, 2.05) is 0 Å². The van der Waals surface area contributed by atoms with E-state index >= 15 is 0 Å². The first-order valence-electron chi connectivity index (χ1n) is 8.05. The van der Waals surface area contributed by atoms with Crippen molar-refractivity contribution in [2.75, 3.05) is 0 Å². The first-order valence-corrected chi connectivity index (χ1v) is 8.05. The highest BCUT2D eigenvalue weighted by Crippen LogP contribution is 2.60. The maximum Gasteiger partial charge on any atom is 0.340 e. The monoisotopic (exact) mass is 364 g/mol. The number of fused-ring (bicyclic) bond motifs is 6. The van der Waals surface area contributed by atoms with Gasteiger partial charge in [0.25, 0.3) is 0 Å². The Labute approximate surface area is 152 Å². The van der Waals surface area contributed by atoms with Crippen molar-refractivity contribution in [3.8, 4) is 34.5 Å². The first-order chi connectivity index (χ1) is 12.9. The molecule has 0 radical (unpaired) electrons. The SMILES string of the molecule is O=C1OC2(c3ccccc31)c1cc(O)cc(O)c1Oc1c(O)cc(O)cc12. The number of aromatic hydroxyl groups is 4. The zero-order valence-electron chi connectivity index (χ0n) is 13.6. The predicted octanol–water partition coefficient (Wildman–Crippen LogP) is 3.08. The zero-order valence-corrected chi connectivity index (χ0v) is 13.6. The fourth-order valence-electron chi connectivity index (χ4n) is 3.80. The van der Waals surface area contributed by atoms with E-state index in [9.17, 15) is 25.2 Å². The molecule has 1 spiro atoms. The van der Waals surface area contributed by atoms with Crippen LogP contribution in [-0.4, -0.2) is 26.4 Å². The van der Waals surface area contributed by atoms with Crippen LogP contribution in [0.2, 0.25) is 0 Å². The van der Waals surface area contributed by atoms with Gasteiger partial charge in [-0.2, -0.15) is 0 Å². The Morgan fingerprint density at radius 3 is 1.89 bits per heavy atom. The highest BCUT2D eigenvalue weighted by Gasteiger charge is 2.55. The minimum atomic E-state index is -1.61. The normalized spacial score (nSPS) is 15.5. The van der Waals surface area contributed by atoms with E-state index in [0.717, 1.165) is 12.1 Å². The molecule has 3 aromatic carbocycles. The number of phenols is 4. The molecule has 0 aromatic heterocycles. The number of benzene rings is 3. The van der Waals surface area contributed by atoms with Crippen molar-refractivity contribution in [3.63, 3.8) is 0 Å². The van der Waals surface area contributed by atoms with Crippen molar-refractivity contribution in [2.45, 2.75) is 5.60 Å². The minimum Gasteiger partial charge on any atom is -0.508 e. The zero-order chi connectivity index (χ0) is 18.9. The number of carbonyl (C=O) groups excluding carboxylic acids is 1. The average molecular weight is 364 g/mol. The maximum absolute atomic E-state index is 12.6. The van der Waals surface area contributed by atoms with Crippen LogP contribution in [-0.2, 0) is 10.3 Å². The van der Waals surface area contributed by atoms with Crippen LogP contribution < -0.4 is 4.74 Å². The molecule has 0 saturated carbocycles. The Morgan fingerprint density at radius 2 is 1.30 bits per heavy atom. The summed E-state index contributed by atoms with van der Waals surface area (Å²) in [6.07, 6.45) is 0. The molecule has 4 N–H and O–H groups in total. The van der Waals surface area contributed by atoms with E-state index in [0.29, 0.717) is 11.1 Å². The smallest absolute Gasteiger partial charge is 0.340 e. The van der Waals surface area contributed by atoms with E-state index in [-0.39, 0.29) is 45.6 Å². The lowest BCUT2D eigenvalue weighted by Gasteiger charge is -2.36. The van der Waals surface area contributed by atoms with E-state index < -0.39 is 11.6 Å². The van der Waals surface area contributed by atoms with Crippen LogP contribution in [0.5, 0.6) is 34.5 Å². The Bertz CT molecular complexity index is 1090. The molecule has 3 aromatic rings. The van der Waals surface area contributed by atoms with Gasteiger partial charge in [-0.25, -0.2) is 4.79 Å². The molecule has 134 valence electrons. The van der Waals surface area contributed by atoms with Crippen LogP contribution in [0.3, 0.4) is 0 Å². The number of hydrogen-bond donors (Lipinski definition) is 4. The predicted molar refractivity (Wildman–Crippen MR) is 91.4 cm³/mol. The van der Waals surface area contributed by atoms with E-state index in [1.165, 1.54) is 12.1 Å². The summed E-state index contributed by atoms with van der Waals surface area (Å²) in [6.45, 7) is 0. The lowest BCUT2D eigenvalue weighted by atomic mass is 9.77. The molecule has 0 atom stereocenters. The third-order valence-corrected chi connectivity index (χ3v) is 4.84. The second kappa shape index (κ2) is 4.85. The van der Waals surface area contributed by atoms with Gasteiger partial charge in [0.05, 0.1) is 16.7 Å². The van der Waals surface area contributed by atoms with Crippen molar-refractivity contribution < 1.29 is 34.7 Å². The minimum absolute atomic E-state index is 0.0641. The maximum atomic E-state index is 12.6. The van der Waals surface area contributed by atoms with Gasteiger partial charge < -0.3 is 29.9 Å². The third kappa shape index (κ3) is 1.82. The fraction of sp³-hybridized carbons (Fsp3) is 0.0500. The van der Waals surface area contributed by atoms with E-state index in [2.05, 4.69) is 0 Å². The van der Waals surface area contributed by atoms with Crippen molar-refractivity contribution in [1.82, 2.24) is 0 Å². The van der Waals surface area contributed by atoms with Crippen molar-refractivity contribution >= 4 is 5.97 Å². The number of esters is 1. The molecule has 0 saturated heterocycles. The summed E-state index contributed by atoms with van der Waals surface area (Å²) in [5.74, 6) is -2.04. The van der Waals surface area contributed by atoms with Crippen molar-refractivity contribution in [3.05, 3.63) is 70.8 Å². The highest BCUT2D eigenvalue weighted by molar-refractivity contribution is 5.97. The van der Waals surface area contributed by atoms with Crippen LogP contribution in [0.4, 0.5) is 0 Å². The average Bonchev–Trinajstić information content (AvgIpc) is 2.91. The van der Waals surface area contributed by atoms with Crippen LogP contribution >= 0.6 is 0 Å².